The molecule has 4 heteroatoms. The Hall–Kier alpha value is -0.610. The van der Waals surface area contributed by atoms with Crippen LogP contribution in [0.5, 0.6) is 0 Å². The molecule has 0 radical (unpaired) electrons. The molecule has 0 bridgehead atoms. The second kappa shape index (κ2) is 3.87. The summed E-state index contributed by atoms with van der Waals surface area (Å²) in [5.74, 6) is 0.311. The molecule has 4 nitrogen and oxygen atoms in total. The summed E-state index contributed by atoms with van der Waals surface area (Å²) in [5.41, 5.74) is 5.72. The van der Waals surface area contributed by atoms with Gasteiger partial charge in [-0.15, -0.1) is 0 Å². The highest BCUT2D eigenvalue weighted by molar-refractivity contribution is 5.82. The third-order valence-electron chi connectivity index (χ3n) is 3.26. The van der Waals surface area contributed by atoms with Crippen LogP contribution in [0.3, 0.4) is 0 Å². The standard InChI is InChI=1S/C10H19N3O/c1-2-12-5-3-4-9(10(12)14)13-6-8(11)7-13/h8-9H,2-7,11H2,1H3/t9-/m0/s1. The van der Waals surface area contributed by atoms with Crippen LogP contribution in [0.1, 0.15) is 19.8 Å². The fourth-order valence-corrected chi connectivity index (χ4v) is 2.38. The van der Waals surface area contributed by atoms with E-state index in [1.165, 1.54) is 0 Å². The van der Waals surface area contributed by atoms with Gasteiger partial charge in [0.2, 0.25) is 5.91 Å². The van der Waals surface area contributed by atoms with E-state index >= 15 is 0 Å². The van der Waals surface area contributed by atoms with Crippen molar-refractivity contribution in [3.8, 4) is 0 Å². The lowest BCUT2D eigenvalue weighted by Gasteiger charge is -2.45. The van der Waals surface area contributed by atoms with Crippen LogP contribution in [-0.4, -0.2) is 54.0 Å². The van der Waals surface area contributed by atoms with Gasteiger partial charge in [-0.3, -0.25) is 9.69 Å². The molecule has 80 valence electrons. The minimum atomic E-state index is 0.128. The van der Waals surface area contributed by atoms with Gasteiger partial charge in [-0.2, -0.15) is 0 Å². The fourth-order valence-electron chi connectivity index (χ4n) is 2.38. The highest BCUT2D eigenvalue weighted by atomic mass is 16.2. The number of carbonyl (C=O) groups is 1. The van der Waals surface area contributed by atoms with Gasteiger partial charge < -0.3 is 10.6 Å². The Bertz CT molecular complexity index is 225. The van der Waals surface area contributed by atoms with E-state index in [-0.39, 0.29) is 6.04 Å². The molecular weight excluding hydrogens is 178 g/mol. The van der Waals surface area contributed by atoms with Crippen molar-refractivity contribution in [3.63, 3.8) is 0 Å². The monoisotopic (exact) mass is 197 g/mol. The average molecular weight is 197 g/mol. The Labute approximate surface area is 85.0 Å². The maximum atomic E-state index is 11.9. The summed E-state index contributed by atoms with van der Waals surface area (Å²) < 4.78 is 0. The van der Waals surface area contributed by atoms with Crippen LogP contribution in [0.15, 0.2) is 0 Å². The maximum Gasteiger partial charge on any atom is 0.239 e. The molecule has 0 aliphatic carbocycles. The SMILES string of the molecule is CCN1CCC[C@H](N2CC(N)C2)C1=O. The van der Waals surface area contributed by atoms with Crippen molar-refractivity contribution in [2.45, 2.75) is 31.8 Å². The summed E-state index contributed by atoms with van der Waals surface area (Å²) >= 11 is 0. The Balaban J connectivity index is 1.94. The van der Waals surface area contributed by atoms with Crippen LogP contribution >= 0.6 is 0 Å². The van der Waals surface area contributed by atoms with Gasteiger partial charge in [0, 0.05) is 32.2 Å². The minimum Gasteiger partial charge on any atom is -0.342 e. The molecule has 2 aliphatic heterocycles. The highest BCUT2D eigenvalue weighted by Crippen LogP contribution is 2.21. The molecule has 1 amide bonds. The van der Waals surface area contributed by atoms with Gasteiger partial charge in [0.1, 0.15) is 0 Å². The smallest absolute Gasteiger partial charge is 0.239 e. The third kappa shape index (κ3) is 1.64. The van der Waals surface area contributed by atoms with E-state index in [4.69, 9.17) is 5.73 Å². The van der Waals surface area contributed by atoms with Gasteiger partial charge in [-0.05, 0) is 19.8 Å². The zero-order valence-electron chi connectivity index (χ0n) is 8.78. The summed E-state index contributed by atoms with van der Waals surface area (Å²) in [6.45, 7) is 5.62. The van der Waals surface area contributed by atoms with Crippen molar-refractivity contribution in [2.24, 2.45) is 5.73 Å². The van der Waals surface area contributed by atoms with Crippen LogP contribution in [0, 0.1) is 0 Å². The lowest BCUT2D eigenvalue weighted by molar-refractivity contribution is -0.142. The number of nitrogens with zero attached hydrogens (tertiary/aromatic N) is 2. The molecule has 0 aromatic carbocycles. The zero-order chi connectivity index (χ0) is 10.1. The number of nitrogens with two attached hydrogens (primary N) is 1. The topological polar surface area (TPSA) is 49.6 Å². The Morgan fingerprint density at radius 1 is 1.50 bits per heavy atom. The molecule has 2 aliphatic rings. The van der Waals surface area contributed by atoms with Gasteiger partial charge in [-0.1, -0.05) is 0 Å². The number of likely N-dealkylation sites (tertiary alicyclic amines) is 2. The molecule has 1 atom stereocenters. The number of likely N-dealkylation sites (N-methyl/N-ethyl adjacent to an activating group) is 1. The number of amides is 1. The molecule has 2 heterocycles. The van der Waals surface area contributed by atoms with E-state index in [0.29, 0.717) is 11.9 Å². The predicted octanol–water partition coefficient (Wildman–Crippen LogP) is -0.360. The molecule has 2 N–H and O–H groups in total. The predicted molar refractivity (Wildman–Crippen MR) is 54.8 cm³/mol. The van der Waals surface area contributed by atoms with Crippen molar-refractivity contribution in [3.05, 3.63) is 0 Å². The summed E-state index contributed by atoms with van der Waals surface area (Å²) in [4.78, 5) is 16.1. The van der Waals surface area contributed by atoms with E-state index in [1.54, 1.807) is 0 Å². The Morgan fingerprint density at radius 2 is 2.21 bits per heavy atom. The zero-order valence-corrected chi connectivity index (χ0v) is 8.78. The van der Waals surface area contributed by atoms with Gasteiger partial charge in [-0.25, -0.2) is 0 Å². The van der Waals surface area contributed by atoms with Crippen molar-refractivity contribution >= 4 is 5.91 Å². The van der Waals surface area contributed by atoms with Crippen LogP contribution in [0.4, 0.5) is 0 Å². The van der Waals surface area contributed by atoms with Crippen LogP contribution in [-0.2, 0) is 4.79 Å². The molecule has 0 aromatic heterocycles. The van der Waals surface area contributed by atoms with E-state index in [1.807, 2.05) is 11.8 Å². The van der Waals surface area contributed by atoms with Crippen LogP contribution < -0.4 is 5.73 Å². The summed E-state index contributed by atoms with van der Waals surface area (Å²) in [6.07, 6.45) is 2.15. The van der Waals surface area contributed by atoms with Gasteiger partial charge in [0.15, 0.2) is 0 Å². The van der Waals surface area contributed by atoms with Gasteiger partial charge >= 0.3 is 0 Å². The molecule has 0 unspecified atom stereocenters. The summed E-state index contributed by atoms with van der Waals surface area (Å²) in [5, 5.41) is 0. The molecule has 2 saturated heterocycles. The fraction of sp³-hybridized carbons (Fsp3) is 0.900. The first-order valence-electron chi connectivity index (χ1n) is 5.50. The first-order valence-corrected chi connectivity index (χ1v) is 5.50. The largest absolute Gasteiger partial charge is 0.342 e. The number of hydrogen-bond donors (Lipinski definition) is 1. The quantitative estimate of drug-likeness (QED) is 0.657. The van der Waals surface area contributed by atoms with Crippen molar-refractivity contribution in [1.82, 2.24) is 9.80 Å². The number of piperidine rings is 1. The number of rotatable bonds is 2. The first kappa shape index (κ1) is 9.93. The van der Waals surface area contributed by atoms with Crippen LogP contribution in [0.25, 0.3) is 0 Å². The van der Waals surface area contributed by atoms with E-state index in [9.17, 15) is 4.79 Å². The first-order chi connectivity index (χ1) is 6.72. The van der Waals surface area contributed by atoms with Gasteiger partial charge in [0.25, 0.3) is 0 Å². The molecule has 0 saturated carbocycles. The highest BCUT2D eigenvalue weighted by Gasteiger charge is 2.37. The van der Waals surface area contributed by atoms with E-state index < -0.39 is 0 Å². The van der Waals surface area contributed by atoms with E-state index in [2.05, 4.69) is 4.90 Å². The summed E-state index contributed by atoms with van der Waals surface area (Å²) in [6, 6.07) is 0.420. The van der Waals surface area contributed by atoms with Crippen molar-refractivity contribution < 1.29 is 4.79 Å². The van der Waals surface area contributed by atoms with Gasteiger partial charge in [0.05, 0.1) is 6.04 Å². The lowest BCUT2D eigenvalue weighted by atomic mass is 9.98. The number of hydrogen-bond acceptors (Lipinski definition) is 3. The summed E-state index contributed by atoms with van der Waals surface area (Å²) in [7, 11) is 0. The number of carbonyl (C=O) groups excluding carboxylic acids is 1. The average Bonchev–Trinajstić information content (AvgIpc) is 2.14. The molecule has 0 spiro atoms. The van der Waals surface area contributed by atoms with E-state index in [0.717, 1.165) is 39.0 Å². The molecule has 14 heavy (non-hydrogen) atoms. The molecule has 2 fully saturated rings. The molecule has 0 aromatic rings. The minimum absolute atomic E-state index is 0.128. The Morgan fingerprint density at radius 3 is 2.79 bits per heavy atom. The molecule has 2 rings (SSSR count). The van der Waals surface area contributed by atoms with Crippen molar-refractivity contribution in [1.29, 1.82) is 0 Å². The second-order valence-corrected chi connectivity index (χ2v) is 4.29. The maximum absolute atomic E-state index is 11.9. The lowest BCUT2D eigenvalue weighted by Crippen LogP contribution is -2.64. The van der Waals surface area contributed by atoms with Crippen LogP contribution in [0.2, 0.25) is 0 Å². The molecular formula is C10H19N3O. The van der Waals surface area contributed by atoms with Crippen molar-refractivity contribution in [2.75, 3.05) is 26.2 Å². The normalized spacial score (nSPS) is 30.6. The third-order valence-corrected chi connectivity index (χ3v) is 3.26. The Kier molecular flexibility index (Phi) is 2.74. The second-order valence-electron chi connectivity index (χ2n) is 4.29.